The monoisotopic (exact) mass is 454 g/mol. The van der Waals surface area contributed by atoms with Gasteiger partial charge in [0.25, 0.3) is 0 Å². The maximum absolute atomic E-state index is 4.97. The molecule has 0 spiro atoms. The summed E-state index contributed by atoms with van der Waals surface area (Å²) in [5, 5.41) is 0. The Balaban J connectivity index is 2.17. The number of hydrogen-bond donors (Lipinski definition) is 0. The number of rotatable bonds is 1. The molecule has 0 fully saturated rings. The molecule has 2 heteroatoms. The van der Waals surface area contributed by atoms with E-state index in [1.165, 1.54) is 72.3 Å². The average Bonchev–Trinajstić information content (AvgIpc) is 2.95. The second-order valence-corrected chi connectivity index (χ2v) is 12.2. The summed E-state index contributed by atoms with van der Waals surface area (Å²) in [5.74, 6) is 0.869. The predicted molar refractivity (Wildman–Crippen MR) is 146 cm³/mol. The maximum atomic E-state index is 4.97. The van der Waals surface area contributed by atoms with E-state index < -0.39 is 0 Å². The van der Waals surface area contributed by atoms with Crippen LogP contribution in [0.1, 0.15) is 102 Å². The van der Waals surface area contributed by atoms with E-state index in [4.69, 9.17) is 9.97 Å². The number of hydrogen-bond acceptors (Lipinski definition) is 2. The molecule has 0 unspecified atom stereocenters. The van der Waals surface area contributed by atoms with E-state index in [1.807, 2.05) is 0 Å². The molecule has 0 atom stereocenters. The SMILES string of the molecule is Cc1nc(-c2c(C)c(C)c3c(c2C)C(C)(C)c2c(C)c(C(C)(C)C)c(C)c(C)c2-3)nc(C)c1C. The van der Waals surface area contributed by atoms with Crippen molar-refractivity contribution in [1.82, 2.24) is 9.97 Å². The van der Waals surface area contributed by atoms with Gasteiger partial charge in [-0.15, -0.1) is 0 Å². The Bertz CT molecular complexity index is 1360. The van der Waals surface area contributed by atoms with Gasteiger partial charge in [-0.3, -0.25) is 0 Å². The van der Waals surface area contributed by atoms with Gasteiger partial charge in [0.05, 0.1) is 0 Å². The quantitative estimate of drug-likeness (QED) is 0.368. The number of aryl methyl sites for hydroxylation is 2. The van der Waals surface area contributed by atoms with Crippen LogP contribution in [0, 0.1) is 62.3 Å². The molecule has 1 heterocycles. The Morgan fingerprint density at radius 3 is 1.38 bits per heavy atom. The highest BCUT2D eigenvalue weighted by molar-refractivity contribution is 5.92. The standard InChI is InChI=1S/C32H42N2/c1-15-16(2)25-26-17(3)18(4)27(31(10,11)12)21(7)29(26)32(13,14)28(25)20(6)24(15)30-33-22(8)19(5)23(9)34-30/h1-14H3. The van der Waals surface area contributed by atoms with Crippen molar-refractivity contribution in [2.75, 3.05) is 0 Å². The molecule has 0 radical (unpaired) electrons. The highest BCUT2D eigenvalue weighted by atomic mass is 14.9. The molecule has 0 saturated heterocycles. The first kappa shape index (κ1) is 24.6. The first-order chi connectivity index (χ1) is 15.5. The minimum atomic E-state index is -0.0840. The molecule has 3 aromatic rings. The Labute approximate surface area is 207 Å². The van der Waals surface area contributed by atoms with Crippen molar-refractivity contribution in [1.29, 1.82) is 0 Å². The third-order valence-corrected chi connectivity index (χ3v) is 8.73. The summed E-state index contributed by atoms with van der Waals surface area (Å²) in [6.07, 6.45) is 0. The van der Waals surface area contributed by atoms with E-state index in [0.717, 1.165) is 17.2 Å². The van der Waals surface area contributed by atoms with E-state index in [1.54, 1.807) is 0 Å². The topological polar surface area (TPSA) is 25.8 Å². The van der Waals surface area contributed by atoms with Gasteiger partial charge in [0, 0.05) is 22.4 Å². The molecule has 0 amide bonds. The Hall–Kier alpha value is -2.48. The second-order valence-electron chi connectivity index (χ2n) is 12.2. The lowest BCUT2D eigenvalue weighted by atomic mass is 9.72. The van der Waals surface area contributed by atoms with Crippen molar-refractivity contribution < 1.29 is 0 Å². The Kier molecular flexibility index (Phi) is 5.44. The van der Waals surface area contributed by atoms with Gasteiger partial charge in [0.1, 0.15) is 0 Å². The number of aromatic nitrogens is 2. The van der Waals surface area contributed by atoms with Crippen molar-refractivity contribution in [3.05, 3.63) is 67.0 Å². The number of benzene rings is 2. The number of nitrogens with zero attached hydrogens (tertiary/aromatic N) is 2. The summed E-state index contributed by atoms with van der Waals surface area (Å²) in [4.78, 5) is 9.95. The van der Waals surface area contributed by atoms with Crippen LogP contribution >= 0.6 is 0 Å². The van der Waals surface area contributed by atoms with Crippen molar-refractivity contribution in [3.63, 3.8) is 0 Å². The lowest BCUT2D eigenvalue weighted by Gasteiger charge is -2.32. The van der Waals surface area contributed by atoms with Crippen LogP contribution in [0.4, 0.5) is 0 Å². The molecule has 0 N–H and O–H groups in total. The van der Waals surface area contributed by atoms with Crippen LogP contribution in [0.25, 0.3) is 22.5 Å². The molecule has 1 aliphatic rings. The zero-order valence-corrected chi connectivity index (χ0v) is 23.9. The molecule has 2 aromatic carbocycles. The van der Waals surface area contributed by atoms with Gasteiger partial charge in [-0.25, -0.2) is 9.97 Å². The molecule has 0 saturated carbocycles. The molecule has 0 aliphatic heterocycles. The lowest BCUT2D eigenvalue weighted by molar-refractivity contribution is 0.573. The molecule has 0 bridgehead atoms. The third kappa shape index (κ3) is 3.13. The van der Waals surface area contributed by atoms with E-state index in [-0.39, 0.29) is 10.8 Å². The van der Waals surface area contributed by atoms with Gasteiger partial charge in [0.2, 0.25) is 0 Å². The smallest absolute Gasteiger partial charge is 0.160 e. The van der Waals surface area contributed by atoms with Crippen molar-refractivity contribution in [2.45, 2.75) is 108 Å². The molecule has 2 nitrogen and oxygen atoms in total. The summed E-state index contributed by atoms with van der Waals surface area (Å²) in [7, 11) is 0. The van der Waals surface area contributed by atoms with Crippen LogP contribution in [0.2, 0.25) is 0 Å². The van der Waals surface area contributed by atoms with Crippen LogP contribution < -0.4 is 0 Å². The summed E-state index contributed by atoms with van der Waals surface area (Å²) in [6, 6.07) is 0. The zero-order valence-electron chi connectivity index (χ0n) is 23.9. The Morgan fingerprint density at radius 2 is 0.912 bits per heavy atom. The van der Waals surface area contributed by atoms with E-state index in [9.17, 15) is 0 Å². The molecule has 1 aliphatic carbocycles. The highest BCUT2D eigenvalue weighted by Gasteiger charge is 2.43. The fourth-order valence-electron chi connectivity index (χ4n) is 6.97. The predicted octanol–water partition coefficient (Wildman–Crippen LogP) is 8.52. The van der Waals surface area contributed by atoms with E-state index >= 15 is 0 Å². The first-order valence-corrected chi connectivity index (χ1v) is 12.6. The van der Waals surface area contributed by atoms with Crippen LogP contribution in [0.15, 0.2) is 0 Å². The Morgan fingerprint density at radius 1 is 0.500 bits per heavy atom. The van der Waals surface area contributed by atoms with E-state index in [0.29, 0.717) is 0 Å². The second kappa shape index (κ2) is 7.51. The van der Waals surface area contributed by atoms with Crippen molar-refractivity contribution >= 4 is 0 Å². The van der Waals surface area contributed by atoms with Crippen LogP contribution in [0.3, 0.4) is 0 Å². The van der Waals surface area contributed by atoms with Gasteiger partial charge < -0.3 is 0 Å². The van der Waals surface area contributed by atoms with Gasteiger partial charge in [-0.05, 0) is 134 Å². The fraction of sp³-hybridized carbons (Fsp3) is 0.500. The third-order valence-electron chi connectivity index (χ3n) is 8.73. The van der Waals surface area contributed by atoms with Crippen LogP contribution in [0.5, 0.6) is 0 Å². The molecule has 180 valence electrons. The summed E-state index contributed by atoms with van der Waals surface area (Å²) < 4.78 is 0. The summed E-state index contributed by atoms with van der Waals surface area (Å²) in [6.45, 7) is 32.1. The minimum Gasteiger partial charge on any atom is -0.233 e. The van der Waals surface area contributed by atoms with Gasteiger partial charge in [-0.1, -0.05) is 34.6 Å². The average molecular weight is 455 g/mol. The highest BCUT2D eigenvalue weighted by Crippen LogP contribution is 2.57. The fourth-order valence-corrected chi connectivity index (χ4v) is 6.97. The molecular formula is C32H42N2. The van der Waals surface area contributed by atoms with Gasteiger partial charge in [0.15, 0.2) is 5.82 Å². The van der Waals surface area contributed by atoms with E-state index in [2.05, 4.69) is 96.9 Å². The molecule has 34 heavy (non-hydrogen) atoms. The summed E-state index contributed by atoms with van der Waals surface area (Å²) in [5.41, 5.74) is 20.3. The summed E-state index contributed by atoms with van der Waals surface area (Å²) >= 11 is 0. The van der Waals surface area contributed by atoms with Crippen LogP contribution in [-0.4, -0.2) is 9.97 Å². The van der Waals surface area contributed by atoms with Gasteiger partial charge >= 0.3 is 0 Å². The maximum Gasteiger partial charge on any atom is 0.160 e. The van der Waals surface area contributed by atoms with Crippen molar-refractivity contribution in [3.8, 4) is 22.5 Å². The molecular weight excluding hydrogens is 412 g/mol. The normalized spacial score (nSPS) is 14.4. The number of fused-ring (bicyclic) bond motifs is 3. The van der Waals surface area contributed by atoms with Gasteiger partial charge in [-0.2, -0.15) is 0 Å². The largest absolute Gasteiger partial charge is 0.233 e. The lowest BCUT2D eigenvalue weighted by Crippen LogP contribution is -2.23. The van der Waals surface area contributed by atoms with Crippen molar-refractivity contribution in [2.24, 2.45) is 0 Å². The zero-order chi connectivity index (χ0) is 25.7. The molecule has 4 rings (SSSR count). The molecule has 1 aromatic heterocycles. The first-order valence-electron chi connectivity index (χ1n) is 12.6. The minimum absolute atomic E-state index is 0.0840. The van der Waals surface area contributed by atoms with Crippen LogP contribution in [-0.2, 0) is 10.8 Å².